The van der Waals surface area contributed by atoms with Crippen LogP contribution in [0.1, 0.15) is 25.5 Å². The van der Waals surface area contributed by atoms with Gasteiger partial charge in [-0.2, -0.15) is 0 Å². The first-order valence-corrected chi connectivity index (χ1v) is 12.0. The quantitative estimate of drug-likeness (QED) is 0.415. The van der Waals surface area contributed by atoms with Crippen LogP contribution in [0.25, 0.3) is 16.8 Å². The molecule has 0 spiro atoms. The molecule has 2 atom stereocenters. The molecule has 0 unspecified atom stereocenters. The van der Waals surface area contributed by atoms with Crippen LogP contribution in [0, 0.1) is 5.82 Å². The van der Waals surface area contributed by atoms with Gasteiger partial charge in [-0.3, -0.25) is 20.2 Å². The molecule has 1 fully saturated rings. The highest BCUT2D eigenvalue weighted by Crippen LogP contribution is 2.29. The molecule has 3 aromatic rings. The minimum absolute atomic E-state index is 0.0728. The van der Waals surface area contributed by atoms with Crippen LogP contribution in [0.15, 0.2) is 55.0 Å². The number of nitrogens with one attached hydrogen (secondary N) is 2. The van der Waals surface area contributed by atoms with Crippen LogP contribution in [0.2, 0.25) is 0 Å². The van der Waals surface area contributed by atoms with Crippen molar-refractivity contribution < 1.29 is 18.8 Å². The number of cyclic esters (lactones) is 1. The summed E-state index contributed by atoms with van der Waals surface area (Å²) in [7, 11) is 0. The lowest BCUT2D eigenvalue weighted by molar-refractivity contribution is 0.0517. The third-order valence-corrected chi connectivity index (χ3v) is 6.08. The Hall–Kier alpha value is -3.83. The molecule has 0 aliphatic carbocycles. The Labute approximate surface area is 208 Å². The SMILES string of the molecule is CCCCNC[C@@H]1C=C(c2ccc(-c3ccc(N4C[C@H](Cn5ccnn5)OC4=O)cc3F)cn2)NO1. The van der Waals surface area contributed by atoms with Crippen LogP contribution in [0.4, 0.5) is 14.9 Å². The molecule has 0 saturated carbocycles. The van der Waals surface area contributed by atoms with E-state index in [1.807, 2.05) is 18.2 Å². The highest BCUT2D eigenvalue weighted by molar-refractivity contribution is 5.90. The van der Waals surface area contributed by atoms with Gasteiger partial charge in [0.25, 0.3) is 0 Å². The Morgan fingerprint density at radius 2 is 2.19 bits per heavy atom. The number of benzene rings is 1. The van der Waals surface area contributed by atoms with E-state index < -0.39 is 18.0 Å². The molecule has 2 aromatic heterocycles. The lowest BCUT2D eigenvalue weighted by atomic mass is 10.1. The summed E-state index contributed by atoms with van der Waals surface area (Å²) in [6.45, 7) is 4.52. The number of carbonyl (C=O) groups excluding carboxylic acids is 1. The lowest BCUT2D eigenvalue weighted by Crippen LogP contribution is -2.28. The van der Waals surface area contributed by atoms with Crippen molar-refractivity contribution in [3.05, 3.63) is 66.5 Å². The highest BCUT2D eigenvalue weighted by atomic mass is 19.1. The molecule has 2 aliphatic rings. The van der Waals surface area contributed by atoms with Crippen molar-refractivity contribution in [3.63, 3.8) is 0 Å². The zero-order valence-electron chi connectivity index (χ0n) is 19.9. The van der Waals surface area contributed by atoms with E-state index in [9.17, 15) is 4.79 Å². The number of anilines is 1. The van der Waals surface area contributed by atoms with Crippen LogP contribution < -0.4 is 15.7 Å². The molecule has 0 bridgehead atoms. The third kappa shape index (κ3) is 5.37. The Morgan fingerprint density at radius 1 is 1.28 bits per heavy atom. The predicted octanol–water partition coefficient (Wildman–Crippen LogP) is 3.14. The average Bonchev–Trinajstić information content (AvgIpc) is 3.64. The average molecular weight is 494 g/mol. The molecule has 1 aromatic carbocycles. The highest BCUT2D eigenvalue weighted by Gasteiger charge is 2.33. The summed E-state index contributed by atoms with van der Waals surface area (Å²) in [5.41, 5.74) is 5.88. The number of carbonyl (C=O) groups is 1. The van der Waals surface area contributed by atoms with E-state index >= 15 is 4.39 Å². The first-order chi connectivity index (χ1) is 17.6. The van der Waals surface area contributed by atoms with Crippen molar-refractivity contribution in [1.29, 1.82) is 0 Å². The first-order valence-electron chi connectivity index (χ1n) is 12.0. The number of rotatable bonds is 10. The zero-order chi connectivity index (χ0) is 24.9. The second-order valence-electron chi connectivity index (χ2n) is 8.73. The second-order valence-corrected chi connectivity index (χ2v) is 8.73. The summed E-state index contributed by atoms with van der Waals surface area (Å²) in [5, 5.41) is 11.0. The molecule has 2 aliphatic heterocycles. The number of hydrogen-bond donors (Lipinski definition) is 2. The summed E-state index contributed by atoms with van der Waals surface area (Å²) in [5.74, 6) is -0.450. The van der Waals surface area contributed by atoms with E-state index in [4.69, 9.17) is 9.57 Å². The Kier molecular flexibility index (Phi) is 7.19. The van der Waals surface area contributed by atoms with Crippen molar-refractivity contribution in [2.45, 2.75) is 38.5 Å². The summed E-state index contributed by atoms with van der Waals surface area (Å²) in [6, 6.07) is 8.33. The number of ether oxygens (including phenoxy) is 1. The number of amides is 1. The van der Waals surface area contributed by atoms with Crippen LogP contribution in [-0.2, 0) is 16.1 Å². The number of hydroxylamine groups is 1. The van der Waals surface area contributed by atoms with Gasteiger partial charge in [-0.1, -0.05) is 24.6 Å². The maximum Gasteiger partial charge on any atom is 0.414 e. The van der Waals surface area contributed by atoms with Gasteiger partial charge in [0.1, 0.15) is 18.0 Å². The van der Waals surface area contributed by atoms with E-state index in [0.717, 1.165) is 31.6 Å². The molecule has 2 N–H and O–H groups in total. The minimum atomic E-state index is -0.517. The molecule has 1 saturated heterocycles. The zero-order valence-corrected chi connectivity index (χ0v) is 19.9. The molecule has 4 heterocycles. The maximum absolute atomic E-state index is 15.1. The molecule has 1 amide bonds. The van der Waals surface area contributed by atoms with Crippen LogP contribution in [0.3, 0.4) is 0 Å². The number of nitrogens with zero attached hydrogens (tertiary/aromatic N) is 5. The van der Waals surface area contributed by atoms with Gasteiger partial charge in [0.05, 0.1) is 36.4 Å². The van der Waals surface area contributed by atoms with Gasteiger partial charge in [0.15, 0.2) is 0 Å². The standard InChI is InChI=1S/C25H28FN7O3/c1-2-3-8-27-14-19-12-24(30-36-19)23-7-4-17(13-28-23)21-6-5-18(11-22(21)26)33-16-20(35-25(33)34)15-32-10-9-29-31-32/h4-7,9-13,19-20,27,30H,2-3,8,14-16H2,1H3/t19-,20-/m0/s1. The summed E-state index contributed by atoms with van der Waals surface area (Å²) >= 11 is 0. The monoisotopic (exact) mass is 493 g/mol. The molecular weight excluding hydrogens is 465 g/mol. The van der Waals surface area contributed by atoms with E-state index in [2.05, 4.69) is 33.0 Å². The number of pyridine rings is 1. The number of halogens is 1. The van der Waals surface area contributed by atoms with Gasteiger partial charge >= 0.3 is 6.09 Å². The largest absolute Gasteiger partial charge is 0.442 e. The van der Waals surface area contributed by atoms with Crippen LogP contribution >= 0.6 is 0 Å². The van der Waals surface area contributed by atoms with E-state index in [1.54, 1.807) is 35.4 Å². The van der Waals surface area contributed by atoms with Gasteiger partial charge in [0, 0.05) is 30.1 Å². The fourth-order valence-electron chi connectivity index (χ4n) is 4.16. The molecule has 0 radical (unpaired) electrons. The normalized spacial score (nSPS) is 19.3. The van der Waals surface area contributed by atoms with Gasteiger partial charge in [0.2, 0.25) is 0 Å². The maximum atomic E-state index is 15.1. The number of unbranched alkanes of at least 4 members (excludes halogenated alkanes) is 1. The first kappa shape index (κ1) is 23.9. The van der Waals surface area contributed by atoms with Crippen molar-refractivity contribution in [1.82, 2.24) is 30.8 Å². The summed E-state index contributed by atoms with van der Waals surface area (Å²) in [4.78, 5) is 23.8. The van der Waals surface area contributed by atoms with Gasteiger partial charge in [-0.05, 0) is 43.3 Å². The second kappa shape index (κ2) is 10.8. The molecule has 11 heteroatoms. The van der Waals surface area contributed by atoms with Crippen LogP contribution in [0.5, 0.6) is 0 Å². The van der Waals surface area contributed by atoms with Crippen molar-refractivity contribution in [3.8, 4) is 11.1 Å². The van der Waals surface area contributed by atoms with E-state index in [0.29, 0.717) is 35.6 Å². The van der Waals surface area contributed by atoms with E-state index in [-0.39, 0.29) is 6.10 Å². The summed E-state index contributed by atoms with van der Waals surface area (Å²) in [6.07, 6.45) is 8.16. The van der Waals surface area contributed by atoms with Crippen LogP contribution in [-0.4, -0.2) is 57.9 Å². The molecular formula is C25H28FN7O3. The number of aromatic nitrogens is 4. The summed E-state index contributed by atoms with van der Waals surface area (Å²) < 4.78 is 22.1. The van der Waals surface area contributed by atoms with Gasteiger partial charge in [-0.15, -0.1) is 5.10 Å². The Bertz CT molecular complexity index is 1220. The third-order valence-electron chi connectivity index (χ3n) is 6.08. The fourth-order valence-corrected chi connectivity index (χ4v) is 4.16. The Balaban J connectivity index is 1.23. The molecule has 5 rings (SSSR count). The lowest BCUT2D eigenvalue weighted by Gasteiger charge is -2.14. The predicted molar refractivity (Wildman–Crippen MR) is 131 cm³/mol. The molecule has 10 nitrogen and oxygen atoms in total. The minimum Gasteiger partial charge on any atom is -0.442 e. The number of hydrogen-bond acceptors (Lipinski definition) is 8. The Morgan fingerprint density at radius 3 is 2.94 bits per heavy atom. The fraction of sp³-hybridized carbons (Fsp3) is 0.360. The van der Waals surface area contributed by atoms with Gasteiger partial charge in [-0.25, -0.2) is 13.9 Å². The van der Waals surface area contributed by atoms with Gasteiger partial charge < -0.3 is 10.1 Å². The smallest absolute Gasteiger partial charge is 0.414 e. The van der Waals surface area contributed by atoms with Crippen molar-refractivity contribution >= 4 is 17.5 Å². The topological polar surface area (TPSA) is 106 Å². The van der Waals surface area contributed by atoms with Crippen molar-refractivity contribution in [2.24, 2.45) is 0 Å². The van der Waals surface area contributed by atoms with Crippen molar-refractivity contribution in [2.75, 3.05) is 24.5 Å². The molecule has 188 valence electrons. The van der Waals surface area contributed by atoms with E-state index in [1.165, 1.54) is 11.0 Å². The molecule has 36 heavy (non-hydrogen) atoms.